The number of hydrogen-bond acceptors (Lipinski definition) is 6. The number of thiophene rings is 1. The first kappa shape index (κ1) is 16.9. The van der Waals surface area contributed by atoms with E-state index in [9.17, 15) is 18.0 Å². The summed E-state index contributed by atoms with van der Waals surface area (Å²) in [6.07, 6.45) is 1.37. The summed E-state index contributed by atoms with van der Waals surface area (Å²) in [7, 11) is -3.54. The average Bonchev–Trinajstić information content (AvgIpc) is 3.16. The molecule has 122 valence electrons. The highest BCUT2D eigenvalue weighted by atomic mass is 32.2. The molecular formula is C13H18N2O5S2. The first-order valence-electron chi connectivity index (χ1n) is 6.97. The van der Waals surface area contributed by atoms with Gasteiger partial charge in [-0.25, -0.2) is 13.2 Å². The summed E-state index contributed by atoms with van der Waals surface area (Å²) in [5, 5.41) is 4.15. The maximum absolute atomic E-state index is 12.5. The molecule has 0 spiro atoms. The van der Waals surface area contributed by atoms with Crippen molar-refractivity contribution >= 4 is 33.2 Å². The van der Waals surface area contributed by atoms with Crippen LogP contribution in [0, 0.1) is 0 Å². The Morgan fingerprint density at radius 3 is 2.91 bits per heavy atom. The fourth-order valence-electron chi connectivity index (χ4n) is 2.33. The van der Waals surface area contributed by atoms with E-state index in [0.29, 0.717) is 13.0 Å². The van der Waals surface area contributed by atoms with Crippen LogP contribution in [0.25, 0.3) is 0 Å². The van der Waals surface area contributed by atoms with Gasteiger partial charge >= 0.3 is 11.9 Å². The molecule has 2 rings (SSSR count). The predicted octanol–water partition coefficient (Wildman–Crippen LogP) is 0.581. The number of amides is 1. The Hall–Kier alpha value is -1.45. The van der Waals surface area contributed by atoms with Gasteiger partial charge in [0.2, 0.25) is 0 Å². The summed E-state index contributed by atoms with van der Waals surface area (Å²) in [5.74, 6) is -1.80. The molecule has 7 nitrogen and oxygen atoms in total. The van der Waals surface area contributed by atoms with Crippen molar-refractivity contribution < 1.29 is 22.7 Å². The smallest absolute Gasteiger partial charge is 0.396 e. The Balaban J connectivity index is 2.00. The molecule has 1 aliphatic heterocycles. The van der Waals surface area contributed by atoms with Crippen molar-refractivity contribution in [2.45, 2.75) is 30.0 Å². The van der Waals surface area contributed by atoms with Crippen molar-refractivity contribution in [3.63, 3.8) is 0 Å². The summed E-state index contributed by atoms with van der Waals surface area (Å²) in [5.41, 5.74) is 0. The van der Waals surface area contributed by atoms with E-state index in [1.165, 1.54) is 4.31 Å². The molecule has 0 aliphatic carbocycles. The highest BCUT2D eigenvalue weighted by Crippen LogP contribution is 2.28. The van der Waals surface area contributed by atoms with E-state index in [0.717, 1.165) is 17.8 Å². The molecule has 1 aliphatic rings. The second-order valence-corrected chi connectivity index (χ2v) is 7.84. The lowest BCUT2D eigenvalue weighted by Crippen LogP contribution is -2.44. The second kappa shape index (κ2) is 7.21. The van der Waals surface area contributed by atoms with Crippen molar-refractivity contribution in [1.29, 1.82) is 0 Å². The van der Waals surface area contributed by atoms with E-state index in [1.54, 1.807) is 24.4 Å². The average molecular weight is 346 g/mol. The third kappa shape index (κ3) is 3.65. The minimum atomic E-state index is -3.54. The van der Waals surface area contributed by atoms with E-state index >= 15 is 0 Å². The van der Waals surface area contributed by atoms with Gasteiger partial charge in [-0.05, 0) is 31.2 Å². The molecule has 1 fully saturated rings. The molecule has 1 N–H and O–H groups in total. The lowest BCUT2D eigenvalue weighted by molar-refractivity contribution is -0.154. The fraction of sp³-hybridized carbons (Fsp3) is 0.538. The van der Waals surface area contributed by atoms with Crippen molar-refractivity contribution in [2.75, 3.05) is 19.7 Å². The molecule has 1 saturated heterocycles. The molecule has 0 bridgehead atoms. The Morgan fingerprint density at radius 2 is 2.27 bits per heavy atom. The number of nitrogens with zero attached hydrogens (tertiary/aromatic N) is 1. The molecule has 0 saturated carbocycles. The van der Waals surface area contributed by atoms with Crippen LogP contribution in [0.15, 0.2) is 21.7 Å². The summed E-state index contributed by atoms with van der Waals surface area (Å²) in [6, 6.07) is 2.91. The van der Waals surface area contributed by atoms with Crippen molar-refractivity contribution in [1.82, 2.24) is 9.62 Å². The van der Waals surface area contributed by atoms with Gasteiger partial charge < -0.3 is 10.1 Å². The number of rotatable bonds is 5. The lowest BCUT2D eigenvalue weighted by atomic mass is 10.2. The van der Waals surface area contributed by atoms with Gasteiger partial charge in [0.25, 0.3) is 10.0 Å². The van der Waals surface area contributed by atoms with Crippen LogP contribution in [-0.4, -0.2) is 50.3 Å². The van der Waals surface area contributed by atoms with Crippen LogP contribution in [0.5, 0.6) is 0 Å². The van der Waals surface area contributed by atoms with Crippen molar-refractivity contribution in [3.8, 4) is 0 Å². The van der Waals surface area contributed by atoms with Crippen LogP contribution in [0.4, 0.5) is 0 Å². The number of esters is 1. The number of sulfonamides is 1. The molecule has 2 heterocycles. The third-order valence-electron chi connectivity index (χ3n) is 3.34. The van der Waals surface area contributed by atoms with Crippen molar-refractivity contribution in [3.05, 3.63) is 17.5 Å². The molecule has 1 aromatic rings. The van der Waals surface area contributed by atoms with Crippen LogP contribution in [0.3, 0.4) is 0 Å². The second-order valence-electron chi connectivity index (χ2n) is 4.77. The standard InChI is InChI=1S/C13H18N2O5S2/c1-2-20-13(17)12(16)14-9-10-5-3-7-15(10)22(18,19)11-6-4-8-21-11/h4,6,8,10H,2-3,5,7,9H2,1H3,(H,14,16)/t10-/m0/s1. The van der Waals surface area contributed by atoms with Gasteiger partial charge in [-0.2, -0.15) is 4.31 Å². The van der Waals surface area contributed by atoms with Crippen molar-refractivity contribution in [2.24, 2.45) is 0 Å². The van der Waals surface area contributed by atoms with Gasteiger partial charge in [0, 0.05) is 19.1 Å². The zero-order chi connectivity index (χ0) is 16.2. The SMILES string of the molecule is CCOC(=O)C(=O)NC[C@@H]1CCCN1S(=O)(=O)c1cccs1. The highest BCUT2D eigenvalue weighted by Gasteiger charge is 2.36. The number of ether oxygens (including phenoxy) is 1. The van der Waals surface area contributed by atoms with Gasteiger partial charge in [0.15, 0.2) is 0 Å². The van der Waals surface area contributed by atoms with Crippen LogP contribution < -0.4 is 5.32 Å². The Morgan fingerprint density at radius 1 is 1.50 bits per heavy atom. The first-order chi connectivity index (χ1) is 10.5. The quantitative estimate of drug-likeness (QED) is 0.622. The highest BCUT2D eigenvalue weighted by molar-refractivity contribution is 7.91. The van der Waals surface area contributed by atoms with Gasteiger partial charge in [-0.3, -0.25) is 4.79 Å². The van der Waals surface area contributed by atoms with Crippen LogP contribution in [-0.2, 0) is 24.3 Å². The largest absolute Gasteiger partial charge is 0.459 e. The number of carbonyl (C=O) groups excluding carboxylic acids is 2. The van der Waals surface area contributed by atoms with Crippen LogP contribution >= 0.6 is 11.3 Å². The summed E-state index contributed by atoms with van der Waals surface area (Å²) in [6.45, 7) is 2.24. The molecule has 0 radical (unpaired) electrons. The van der Waals surface area contributed by atoms with Gasteiger partial charge in [0.05, 0.1) is 6.61 Å². The minimum absolute atomic E-state index is 0.0995. The molecule has 1 aromatic heterocycles. The molecule has 1 atom stereocenters. The molecular weight excluding hydrogens is 328 g/mol. The van der Waals surface area contributed by atoms with E-state index < -0.39 is 21.9 Å². The predicted molar refractivity (Wildman–Crippen MR) is 80.9 cm³/mol. The zero-order valence-corrected chi connectivity index (χ0v) is 13.8. The van der Waals surface area contributed by atoms with Crippen LogP contribution in [0.2, 0.25) is 0 Å². The van der Waals surface area contributed by atoms with Gasteiger partial charge in [0.1, 0.15) is 4.21 Å². The molecule has 1 amide bonds. The zero-order valence-electron chi connectivity index (χ0n) is 12.1. The Bertz CT molecular complexity index is 627. The lowest BCUT2D eigenvalue weighted by Gasteiger charge is -2.23. The van der Waals surface area contributed by atoms with Gasteiger partial charge in [-0.1, -0.05) is 6.07 Å². The van der Waals surface area contributed by atoms with E-state index in [-0.39, 0.29) is 23.4 Å². The molecule has 0 aromatic carbocycles. The molecule has 9 heteroatoms. The Kier molecular flexibility index (Phi) is 5.54. The molecule has 0 unspecified atom stereocenters. The van der Waals surface area contributed by atoms with E-state index in [1.807, 2.05) is 0 Å². The maximum Gasteiger partial charge on any atom is 0.396 e. The summed E-state index contributed by atoms with van der Waals surface area (Å²) >= 11 is 1.16. The summed E-state index contributed by atoms with van der Waals surface area (Å²) < 4.78 is 31.3. The molecule has 22 heavy (non-hydrogen) atoms. The topological polar surface area (TPSA) is 92.8 Å². The fourth-order valence-corrected chi connectivity index (χ4v) is 5.15. The summed E-state index contributed by atoms with van der Waals surface area (Å²) in [4.78, 5) is 22.8. The van der Waals surface area contributed by atoms with E-state index in [4.69, 9.17) is 0 Å². The minimum Gasteiger partial charge on any atom is -0.459 e. The third-order valence-corrected chi connectivity index (χ3v) is 6.67. The normalized spacial score (nSPS) is 19.0. The monoisotopic (exact) mass is 346 g/mol. The van der Waals surface area contributed by atoms with E-state index in [2.05, 4.69) is 10.1 Å². The Labute approximate surface area is 133 Å². The first-order valence-corrected chi connectivity index (χ1v) is 9.29. The maximum atomic E-state index is 12.5. The van der Waals surface area contributed by atoms with Crippen LogP contribution in [0.1, 0.15) is 19.8 Å². The number of nitrogens with one attached hydrogen (secondary N) is 1. The number of carbonyl (C=O) groups is 2. The van der Waals surface area contributed by atoms with Gasteiger partial charge in [-0.15, -0.1) is 11.3 Å². The number of hydrogen-bond donors (Lipinski definition) is 1.